The summed E-state index contributed by atoms with van der Waals surface area (Å²) in [5, 5.41) is 4.13. The van der Waals surface area contributed by atoms with Crippen LogP contribution in [-0.4, -0.2) is 18.8 Å². The summed E-state index contributed by atoms with van der Waals surface area (Å²) in [6, 6.07) is 14.8. The second-order valence-corrected chi connectivity index (χ2v) is 5.23. The van der Waals surface area contributed by atoms with Crippen LogP contribution < -0.4 is 4.74 Å². The lowest BCUT2D eigenvalue weighted by molar-refractivity contribution is -0.186. The molecule has 2 aliphatic rings. The monoisotopic (exact) mass is 295 g/mol. The van der Waals surface area contributed by atoms with E-state index in [4.69, 9.17) is 14.3 Å². The van der Waals surface area contributed by atoms with Crippen molar-refractivity contribution in [1.29, 1.82) is 0 Å². The van der Waals surface area contributed by atoms with Gasteiger partial charge in [0.1, 0.15) is 5.75 Å². The summed E-state index contributed by atoms with van der Waals surface area (Å²) in [4.78, 5) is 17.5. The van der Waals surface area contributed by atoms with Crippen molar-refractivity contribution in [2.24, 2.45) is 5.16 Å². The fourth-order valence-corrected chi connectivity index (χ4v) is 2.82. The first-order valence-electron chi connectivity index (χ1n) is 6.94. The summed E-state index contributed by atoms with van der Waals surface area (Å²) in [5.74, 6) is -0.769. The Labute approximate surface area is 127 Å². The minimum absolute atomic E-state index is 0.377. The van der Waals surface area contributed by atoms with Gasteiger partial charge in [-0.1, -0.05) is 35.5 Å². The highest BCUT2D eigenvalue weighted by Gasteiger charge is 2.52. The normalized spacial score (nSPS) is 22.0. The Bertz CT molecular complexity index is 799. The Morgan fingerprint density at radius 3 is 2.91 bits per heavy atom. The topological polar surface area (TPSA) is 57.1 Å². The highest BCUT2D eigenvalue weighted by atomic mass is 16.8. The molecule has 1 spiro atoms. The quantitative estimate of drug-likeness (QED) is 0.799. The summed E-state index contributed by atoms with van der Waals surface area (Å²) >= 11 is 0. The molecule has 0 saturated carbocycles. The number of rotatable bonds is 2. The maximum atomic E-state index is 12.0. The summed E-state index contributed by atoms with van der Waals surface area (Å²) < 4.78 is 10.7. The van der Waals surface area contributed by atoms with Crippen LogP contribution in [0.1, 0.15) is 27.9 Å². The van der Waals surface area contributed by atoms with E-state index in [9.17, 15) is 4.79 Å². The van der Waals surface area contributed by atoms with Crippen LogP contribution in [0.15, 0.2) is 53.7 Å². The van der Waals surface area contributed by atoms with Crippen molar-refractivity contribution in [3.8, 4) is 5.75 Å². The van der Waals surface area contributed by atoms with Gasteiger partial charge < -0.3 is 14.3 Å². The fourth-order valence-electron chi connectivity index (χ4n) is 2.82. The van der Waals surface area contributed by atoms with E-state index >= 15 is 0 Å². The Morgan fingerprint density at radius 1 is 1.18 bits per heavy atom. The molecular weight excluding hydrogens is 282 g/mol. The summed E-state index contributed by atoms with van der Waals surface area (Å²) in [6.07, 6.45) is 0.378. The molecule has 22 heavy (non-hydrogen) atoms. The molecule has 0 bridgehead atoms. The Hall–Kier alpha value is -2.82. The van der Waals surface area contributed by atoms with Crippen LogP contribution in [0.5, 0.6) is 5.75 Å². The molecule has 0 N–H and O–H groups in total. The van der Waals surface area contributed by atoms with Gasteiger partial charge in [0.2, 0.25) is 0 Å². The molecule has 1 atom stereocenters. The highest BCUT2D eigenvalue weighted by molar-refractivity contribution is 6.03. The molecular formula is C17H13NO4. The van der Waals surface area contributed by atoms with E-state index in [2.05, 4.69) is 5.16 Å². The van der Waals surface area contributed by atoms with Crippen molar-refractivity contribution < 1.29 is 19.1 Å². The van der Waals surface area contributed by atoms with Gasteiger partial charge in [0, 0.05) is 5.56 Å². The molecule has 2 aliphatic heterocycles. The summed E-state index contributed by atoms with van der Waals surface area (Å²) in [6.45, 7) is 0. The first-order valence-corrected chi connectivity index (χ1v) is 6.94. The molecule has 110 valence electrons. The molecule has 0 aromatic heterocycles. The minimum atomic E-state index is -1.13. The minimum Gasteiger partial charge on any atom is -0.497 e. The standard InChI is InChI=1S/C17H13NO4/c1-20-12-6-4-5-11(9-12)15-10-17(22-18-15)14-8-3-2-7-13(14)16(19)21-17/h2-9H,10H2,1H3. The third kappa shape index (κ3) is 1.79. The van der Waals surface area contributed by atoms with Crippen molar-refractivity contribution in [3.63, 3.8) is 0 Å². The highest BCUT2D eigenvalue weighted by Crippen LogP contribution is 2.44. The number of carbonyl (C=O) groups is 1. The van der Waals surface area contributed by atoms with E-state index in [1.165, 1.54) is 0 Å². The number of carbonyl (C=O) groups excluding carboxylic acids is 1. The number of hydrogen-bond donors (Lipinski definition) is 0. The largest absolute Gasteiger partial charge is 0.497 e. The van der Waals surface area contributed by atoms with E-state index < -0.39 is 5.79 Å². The average Bonchev–Trinajstić information content (AvgIpc) is 3.11. The number of methoxy groups -OCH3 is 1. The zero-order valence-electron chi connectivity index (χ0n) is 11.9. The van der Waals surface area contributed by atoms with Gasteiger partial charge in [-0.25, -0.2) is 4.79 Å². The lowest BCUT2D eigenvalue weighted by Gasteiger charge is -2.19. The van der Waals surface area contributed by atoms with Crippen molar-refractivity contribution in [1.82, 2.24) is 0 Å². The molecule has 4 rings (SSSR count). The van der Waals surface area contributed by atoms with E-state index in [1.54, 1.807) is 19.2 Å². The third-order valence-electron chi connectivity index (χ3n) is 3.92. The molecule has 2 aromatic rings. The fraction of sp³-hybridized carbons (Fsp3) is 0.176. The molecule has 0 radical (unpaired) electrons. The SMILES string of the molecule is COc1cccc(C2=NOC3(C2)OC(=O)c2ccccc23)c1. The van der Waals surface area contributed by atoms with E-state index in [0.29, 0.717) is 12.0 Å². The maximum Gasteiger partial charge on any atom is 0.342 e. The van der Waals surface area contributed by atoms with E-state index in [0.717, 1.165) is 22.6 Å². The van der Waals surface area contributed by atoms with Crippen molar-refractivity contribution in [2.45, 2.75) is 12.2 Å². The van der Waals surface area contributed by atoms with Crippen molar-refractivity contribution in [2.75, 3.05) is 7.11 Å². The van der Waals surface area contributed by atoms with Crippen LogP contribution in [0, 0.1) is 0 Å². The van der Waals surface area contributed by atoms with Crippen molar-refractivity contribution >= 4 is 11.7 Å². The van der Waals surface area contributed by atoms with Crippen LogP contribution in [0.2, 0.25) is 0 Å². The summed E-state index contributed by atoms with van der Waals surface area (Å²) in [7, 11) is 1.61. The number of fused-ring (bicyclic) bond motifs is 2. The molecule has 2 heterocycles. The third-order valence-corrected chi connectivity index (χ3v) is 3.92. The molecule has 2 aromatic carbocycles. The van der Waals surface area contributed by atoms with Crippen LogP contribution in [0.3, 0.4) is 0 Å². The van der Waals surface area contributed by atoms with Crippen LogP contribution in [0.25, 0.3) is 0 Å². The van der Waals surface area contributed by atoms with Gasteiger partial charge in [-0.3, -0.25) is 0 Å². The lowest BCUT2D eigenvalue weighted by Crippen LogP contribution is -2.26. The van der Waals surface area contributed by atoms with Crippen LogP contribution in [-0.2, 0) is 15.4 Å². The predicted octanol–water partition coefficient (Wildman–Crippen LogP) is 2.84. The van der Waals surface area contributed by atoms with Gasteiger partial charge in [0.15, 0.2) is 0 Å². The predicted molar refractivity (Wildman–Crippen MR) is 78.8 cm³/mol. The molecule has 5 nitrogen and oxygen atoms in total. The van der Waals surface area contributed by atoms with Crippen LogP contribution >= 0.6 is 0 Å². The van der Waals surface area contributed by atoms with Gasteiger partial charge in [0.05, 0.1) is 30.4 Å². The van der Waals surface area contributed by atoms with E-state index in [1.807, 2.05) is 36.4 Å². The zero-order chi connectivity index (χ0) is 15.2. The van der Waals surface area contributed by atoms with E-state index in [-0.39, 0.29) is 5.97 Å². The number of nitrogens with zero attached hydrogens (tertiary/aromatic N) is 1. The van der Waals surface area contributed by atoms with Gasteiger partial charge in [0.25, 0.3) is 0 Å². The number of ether oxygens (including phenoxy) is 2. The smallest absolute Gasteiger partial charge is 0.342 e. The first-order chi connectivity index (χ1) is 10.7. The molecule has 0 fully saturated rings. The van der Waals surface area contributed by atoms with Gasteiger partial charge in [-0.2, -0.15) is 0 Å². The molecule has 5 heteroatoms. The molecule has 1 unspecified atom stereocenters. The Balaban J connectivity index is 1.69. The Kier molecular flexibility index (Phi) is 2.69. The van der Waals surface area contributed by atoms with Crippen molar-refractivity contribution in [3.05, 3.63) is 65.2 Å². The first kappa shape index (κ1) is 12.9. The molecule has 0 amide bonds. The summed E-state index contributed by atoms with van der Waals surface area (Å²) in [5.41, 5.74) is 2.87. The maximum absolute atomic E-state index is 12.0. The number of esters is 1. The Morgan fingerprint density at radius 2 is 2.05 bits per heavy atom. The number of hydrogen-bond acceptors (Lipinski definition) is 5. The number of benzene rings is 2. The van der Waals surface area contributed by atoms with Gasteiger partial charge in [-0.15, -0.1) is 0 Å². The number of oxime groups is 1. The zero-order valence-corrected chi connectivity index (χ0v) is 11.9. The second kappa shape index (κ2) is 4.59. The van der Waals surface area contributed by atoms with Gasteiger partial charge in [-0.05, 0) is 18.2 Å². The molecule has 0 saturated heterocycles. The van der Waals surface area contributed by atoms with Gasteiger partial charge >= 0.3 is 11.8 Å². The average molecular weight is 295 g/mol. The second-order valence-electron chi connectivity index (χ2n) is 5.23. The molecule has 0 aliphatic carbocycles. The van der Waals surface area contributed by atoms with Crippen LogP contribution in [0.4, 0.5) is 0 Å². The lowest BCUT2D eigenvalue weighted by atomic mass is 9.96.